The summed E-state index contributed by atoms with van der Waals surface area (Å²) in [5, 5.41) is 12.5. The largest absolute Gasteiger partial charge is 0.476 e. The van der Waals surface area contributed by atoms with Gasteiger partial charge in [-0.3, -0.25) is 25.2 Å². The number of nitrogens with zero attached hydrogens (tertiary/aromatic N) is 5. The number of carbonyl (C=O) groups excluding carboxylic acids is 3. The molecule has 1 aromatic heterocycles. The van der Waals surface area contributed by atoms with Gasteiger partial charge in [0.1, 0.15) is 5.75 Å². The minimum atomic E-state index is -0.975. The molecule has 0 fully saturated rings. The maximum atomic E-state index is 12.7. The van der Waals surface area contributed by atoms with Gasteiger partial charge < -0.3 is 9.64 Å². The van der Waals surface area contributed by atoms with Gasteiger partial charge in [-0.15, -0.1) is 10.2 Å². The van der Waals surface area contributed by atoms with E-state index >= 15 is 0 Å². The molecule has 0 radical (unpaired) electrons. The van der Waals surface area contributed by atoms with Crippen LogP contribution in [0, 0.1) is 0 Å². The van der Waals surface area contributed by atoms with Crippen LogP contribution in [0.5, 0.6) is 5.75 Å². The topological polar surface area (TPSA) is 131 Å². The van der Waals surface area contributed by atoms with Crippen LogP contribution in [0.15, 0.2) is 78.9 Å². The van der Waals surface area contributed by atoms with Crippen LogP contribution in [-0.2, 0) is 16.1 Å². The zero-order valence-corrected chi connectivity index (χ0v) is 19.9. The molecule has 1 aliphatic rings. The van der Waals surface area contributed by atoms with Crippen LogP contribution in [0.1, 0.15) is 22.8 Å². The van der Waals surface area contributed by atoms with Crippen molar-refractivity contribution < 1.29 is 19.1 Å². The zero-order chi connectivity index (χ0) is 25.8. The van der Waals surface area contributed by atoms with Gasteiger partial charge in [0, 0.05) is 18.1 Å². The van der Waals surface area contributed by atoms with Gasteiger partial charge in [0.15, 0.2) is 6.10 Å². The number of hydrazine groups is 1. The maximum Gasteiger partial charge on any atom is 0.281 e. The summed E-state index contributed by atoms with van der Waals surface area (Å²) in [5.74, 6) is -0.329. The van der Waals surface area contributed by atoms with E-state index < -0.39 is 17.9 Å². The van der Waals surface area contributed by atoms with Gasteiger partial charge in [0.05, 0.1) is 18.8 Å². The number of tetrazole rings is 1. The molecule has 37 heavy (non-hydrogen) atoms. The third-order valence-electron chi connectivity index (χ3n) is 5.77. The fourth-order valence-electron chi connectivity index (χ4n) is 3.88. The first kappa shape index (κ1) is 23.7. The summed E-state index contributed by atoms with van der Waals surface area (Å²) < 4.78 is 5.74. The zero-order valence-electron chi connectivity index (χ0n) is 19.9. The smallest absolute Gasteiger partial charge is 0.281 e. The Labute approximate surface area is 212 Å². The van der Waals surface area contributed by atoms with Gasteiger partial charge in [-0.2, -0.15) is 4.80 Å². The molecule has 186 valence electrons. The molecule has 11 heteroatoms. The molecule has 4 aromatic rings. The Bertz CT molecular complexity index is 1440. The molecule has 1 aliphatic heterocycles. The standard InChI is InChI=1S/C26H23N7O4/c1-17(34)32-16-23(37-22-10-6-5-9-21(22)32)26(36)29-28-25(35)20-13-11-18(12-14-20)15-33-30-24(27-31-33)19-7-3-2-4-8-19/h2-14,23H,15-16H2,1H3,(H,28,35)(H,29,36). The molecule has 3 aromatic carbocycles. The summed E-state index contributed by atoms with van der Waals surface area (Å²) in [7, 11) is 0. The summed E-state index contributed by atoms with van der Waals surface area (Å²) in [4.78, 5) is 40.2. The number of anilines is 1. The second kappa shape index (κ2) is 10.3. The lowest BCUT2D eigenvalue weighted by molar-refractivity contribution is -0.129. The molecule has 0 spiro atoms. The molecule has 0 saturated heterocycles. The molecule has 0 aliphatic carbocycles. The Morgan fingerprint density at radius 2 is 1.68 bits per heavy atom. The normalized spacial score (nSPS) is 14.3. The highest BCUT2D eigenvalue weighted by atomic mass is 16.5. The minimum Gasteiger partial charge on any atom is -0.476 e. The van der Waals surface area contributed by atoms with E-state index in [9.17, 15) is 14.4 Å². The van der Waals surface area contributed by atoms with E-state index in [1.807, 2.05) is 30.3 Å². The van der Waals surface area contributed by atoms with Crippen LogP contribution >= 0.6 is 0 Å². The van der Waals surface area contributed by atoms with E-state index in [4.69, 9.17) is 4.74 Å². The van der Waals surface area contributed by atoms with Crippen molar-refractivity contribution in [1.29, 1.82) is 0 Å². The lowest BCUT2D eigenvalue weighted by Crippen LogP contribution is -2.54. The molecule has 1 atom stereocenters. The van der Waals surface area contributed by atoms with E-state index in [2.05, 4.69) is 26.3 Å². The predicted molar refractivity (Wildman–Crippen MR) is 133 cm³/mol. The Balaban J connectivity index is 1.16. The molecule has 5 rings (SSSR count). The second-order valence-corrected chi connectivity index (χ2v) is 8.35. The van der Waals surface area contributed by atoms with E-state index in [0.29, 0.717) is 29.4 Å². The van der Waals surface area contributed by atoms with Crippen molar-refractivity contribution in [2.24, 2.45) is 0 Å². The number of benzene rings is 3. The van der Waals surface area contributed by atoms with Crippen molar-refractivity contribution >= 4 is 23.4 Å². The Kier molecular flexibility index (Phi) is 6.58. The van der Waals surface area contributed by atoms with E-state index in [1.165, 1.54) is 16.6 Å². The van der Waals surface area contributed by atoms with Gasteiger partial charge in [0.25, 0.3) is 11.8 Å². The van der Waals surface area contributed by atoms with E-state index in [1.54, 1.807) is 48.5 Å². The number of hydrogen-bond donors (Lipinski definition) is 2. The Morgan fingerprint density at radius 1 is 0.946 bits per heavy atom. The van der Waals surface area contributed by atoms with Crippen molar-refractivity contribution in [3.63, 3.8) is 0 Å². The monoisotopic (exact) mass is 497 g/mol. The number of ether oxygens (including phenoxy) is 1. The first-order chi connectivity index (χ1) is 18.0. The van der Waals surface area contributed by atoms with Gasteiger partial charge in [-0.05, 0) is 35.0 Å². The van der Waals surface area contributed by atoms with E-state index in [0.717, 1.165) is 11.1 Å². The van der Waals surface area contributed by atoms with Gasteiger partial charge in [-0.25, -0.2) is 0 Å². The van der Waals surface area contributed by atoms with Gasteiger partial charge in [0.2, 0.25) is 11.7 Å². The molecule has 1 unspecified atom stereocenters. The number of fused-ring (bicyclic) bond motifs is 1. The van der Waals surface area contributed by atoms with Gasteiger partial charge in [-0.1, -0.05) is 54.6 Å². The number of rotatable bonds is 5. The quantitative estimate of drug-likeness (QED) is 0.403. The highest BCUT2D eigenvalue weighted by Gasteiger charge is 2.32. The summed E-state index contributed by atoms with van der Waals surface area (Å²) in [5.41, 5.74) is 7.46. The minimum absolute atomic E-state index is 0.0328. The van der Waals surface area contributed by atoms with Crippen molar-refractivity contribution in [2.45, 2.75) is 19.6 Å². The van der Waals surface area contributed by atoms with Crippen molar-refractivity contribution in [3.8, 4) is 17.1 Å². The van der Waals surface area contributed by atoms with Crippen LogP contribution in [0.4, 0.5) is 5.69 Å². The molecule has 11 nitrogen and oxygen atoms in total. The number of hydrogen-bond acceptors (Lipinski definition) is 7. The summed E-state index contributed by atoms with van der Waals surface area (Å²) >= 11 is 0. The number of carbonyl (C=O) groups is 3. The average molecular weight is 498 g/mol. The Hall–Kier alpha value is -5.06. The van der Waals surface area contributed by atoms with E-state index in [-0.39, 0.29) is 12.5 Å². The number of para-hydroxylation sites is 2. The highest BCUT2D eigenvalue weighted by Crippen LogP contribution is 2.33. The molecular weight excluding hydrogens is 474 g/mol. The van der Waals surface area contributed by atoms with Crippen LogP contribution < -0.4 is 20.5 Å². The number of nitrogens with one attached hydrogen (secondary N) is 2. The summed E-state index contributed by atoms with van der Waals surface area (Å²) in [6.07, 6.45) is -0.975. The molecule has 3 amide bonds. The average Bonchev–Trinajstić information content (AvgIpc) is 3.40. The van der Waals surface area contributed by atoms with Crippen LogP contribution in [0.2, 0.25) is 0 Å². The maximum absolute atomic E-state index is 12.7. The third kappa shape index (κ3) is 5.30. The fraction of sp³-hybridized carbons (Fsp3) is 0.154. The first-order valence-electron chi connectivity index (χ1n) is 11.5. The molecule has 2 heterocycles. The molecule has 0 bridgehead atoms. The molecule has 2 N–H and O–H groups in total. The van der Waals surface area contributed by atoms with Crippen molar-refractivity contribution in [1.82, 2.24) is 31.1 Å². The number of aromatic nitrogens is 4. The predicted octanol–water partition coefficient (Wildman–Crippen LogP) is 1.96. The SMILES string of the molecule is CC(=O)N1CC(C(=O)NNC(=O)c2ccc(Cn3nnc(-c4ccccc4)n3)cc2)Oc2ccccc21. The fourth-order valence-corrected chi connectivity index (χ4v) is 3.88. The van der Waals surface area contributed by atoms with Crippen molar-refractivity contribution in [2.75, 3.05) is 11.4 Å². The second-order valence-electron chi connectivity index (χ2n) is 8.35. The molecule has 0 saturated carbocycles. The molecular formula is C26H23N7O4. The van der Waals surface area contributed by atoms with Gasteiger partial charge >= 0.3 is 0 Å². The van der Waals surface area contributed by atoms with Crippen LogP contribution in [-0.4, -0.2) is 50.6 Å². The summed E-state index contributed by atoms with van der Waals surface area (Å²) in [6.45, 7) is 1.83. The first-order valence-corrected chi connectivity index (χ1v) is 11.5. The van der Waals surface area contributed by atoms with Crippen molar-refractivity contribution in [3.05, 3.63) is 90.0 Å². The number of amides is 3. The lowest BCUT2D eigenvalue weighted by atomic mass is 10.1. The lowest BCUT2D eigenvalue weighted by Gasteiger charge is -2.33. The van der Waals surface area contributed by atoms with Crippen LogP contribution in [0.25, 0.3) is 11.4 Å². The van der Waals surface area contributed by atoms with Crippen LogP contribution in [0.3, 0.4) is 0 Å². The highest BCUT2D eigenvalue weighted by molar-refractivity contribution is 5.98. The Morgan fingerprint density at radius 3 is 2.43 bits per heavy atom. The summed E-state index contributed by atoms with van der Waals surface area (Å²) in [6, 6.07) is 23.3. The third-order valence-corrected chi connectivity index (χ3v) is 5.77.